The Kier molecular flexibility index (Phi) is 7.64. The monoisotopic (exact) mass is 375 g/mol. The Labute approximate surface area is 160 Å². The first-order valence-electron chi connectivity index (χ1n) is 9.32. The van der Waals surface area contributed by atoms with Crippen LogP contribution < -0.4 is 15.4 Å². The topological polar surface area (TPSA) is 63.5 Å². The van der Waals surface area contributed by atoms with Crippen LogP contribution in [0.25, 0.3) is 0 Å². The van der Waals surface area contributed by atoms with Crippen molar-refractivity contribution < 1.29 is 9.13 Å². The number of aliphatic imine (C=N–C) groups is 1. The smallest absolute Gasteiger partial charge is 0.192 e. The molecule has 0 amide bonds. The molecule has 0 aliphatic rings. The van der Waals surface area contributed by atoms with Gasteiger partial charge in [-0.25, -0.2) is 14.4 Å². The van der Waals surface area contributed by atoms with Gasteiger partial charge in [-0.15, -0.1) is 0 Å². The highest BCUT2D eigenvalue weighted by atomic mass is 19.1. The van der Waals surface area contributed by atoms with Crippen molar-refractivity contribution in [2.45, 2.75) is 46.8 Å². The average molecular weight is 375 g/mol. The quantitative estimate of drug-likeness (QED) is 0.547. The van der Waals surface area contributed by atoms with E-state index in [2.05, 4.69) is 39.0 Å². The lowest BCUT2D eigenvalue weighted by Gasteiger charge is -2.19. The molecule has 1 unspecified atom stereocenters. The molecule has 2 aromatic rings. The zero-order valence-electron chi connectivity index (χ0n) is 16.8. The molecule has 0 radical (unpaired) electrons. The second kappa shape index (κ2) is 9.94. The summed E-state index contributed by atoms with van der Waals surface area (Å²) in [6.07, 6.45) is 3.78. The zero-order chi connectivity index (χ0) is 19.8. The first-order chi connectivity index (χ1) is 12.9. The molecule has 148 valence electrons. The third-order valence-electron chi connectivity index (χ3n) is 4.12. The maximum Gasteiger partial charge on any atom is 0.192 e. The number of aromatic nitrogens is 2. The van der Waals surface area contributed by atoms with Gasteiger partial charge >= 0.3 is 0 Å². The van der Waals surface area contributed by atoms with E-state index >= 15 is 0 Å². The summed E-state index contributed by atoms with van der Waals surface area (Å²) < 4.78 is 21.1. The van der Waals surface area contributed by atoms with Crippen LogP contribution in [-0.4, -0.2) is 29.2 Å². The molecule has 0 bridgehead atoms. The number of ether oxygens (including phenoxy) is 1. The van der Waals surface area contributed by atoms with Gasteiger partial charge in [0.15, 0.2) is 17.5 Å². The molecular weight excluding hydrogens is 345 g/mol. The van der Waals surface area contributed by atoms with Crippen LogP contribution in [0.15, 0.2) is 35.6 Å². The van der Waals surface area contributed by atoms with Crippen LogP contribution in [0.5, 0.6) is 5.75 Å². The van der Waals surface area contributed by atoms with E-state index in [0.717, 1.165) is 24.5 Å². The van der Waals surface area contributed by atoms with Gasteiger partial charge in [-0.1, -0.05) is 19.9 Å². The Bertz CT molecular complexity index is 757. The van der Waals surface area contributed by atoms with E-state index in [4.69, 9.17) is 4.74 Å². The van der Waals surface area contributed by atoms with Gasteiger partial charge in [0.1, 0.15) is 12.4 Å². The molecule has 1 aromatic heterocycles. The standard InChI is InChI=1S/C20H30FN5O/c1-6-22-20(24-12-19-23-9-10-26(19)13-14(2)3)25-15(4)16-7-8-18(27-5)17(21)11-16/h7-11,14-15H,6,12-13H2,1-5H3,(H2,22,24,25). The van der Waals surface area contributed by atoms with Crippen molar-refractivity contribution in [3.8, 4) is 5.75 Å². The molecular formula is C20H30FN5O. The molecule has 0 aliphatic carbocycles. The number of methoxy groups -OCH3 is 1. The summed E-state index contributed by atoms with van der Waals surface area (Å²) in [5.41, 5.74) is 0.820. The number of nitrogens with zero attached hydrogens (tertiary/aromatic N) is 3. The lowest BCUT2D eigenvalue weighted by atomic mass is 10.1. The Hall–Kier alpha value is -2.57. The fourth-order valence-corrected chi connectivity index (χ4v) is 2.76. The van der Waals surface area contributed by atoms with E-state index in [1.165, 1.54) is 13.2 Å². The summed E-state index contributed by atoms with van der Waals surface area (Å²) in [5.74, 6) is 1.99. The third kappa shape index (κ3) is 5.98. The number of benzene rings is 1. The Balaban J connectivity index is 2.09. The molecule has 2 N–H and O–H groups in total. The van der Waals surface area contributed by atoms with Gasteiger partial charge in [-0.3, -0.25) is 0 Å². The highest BCUT2D eigenvalue weighted by Gasteiger charge is 2.12. The van der Waals surface area contributed by atoms with Gasteiger partial charge in [0.05, 0.1) is 13.2 Å². The van der Waals surface area contributed by atoms with E-state index in [9.17, 15) is 4.39 Å². The van der Waals surface area contributed by atoms with E-state index in [0.29, 0.717) is 18.4 Å². The number of guanidine groups is 1. The van der Waals surface area contributed by atoms with Gasteiger partial charge < -0.3 is 19.9 Å². The fourth-order valence-electron chi connectivity index (χ4n) is 2.76. The maximum absolute atomic E-state index is 14.0. The van der Waals surface area contributed by atoms with E-state index < -0.39 is 0 Å². The van der Waals surface area contributed by atoms with Crippen LogP contribution in [0, 0.1) is 11.7 Å². The summed E-state index contributed by atoms with van der Waals surface area (Å²) >= 11 is 0. The molecule has 0 spiro atoms. The number of hydrogen-bond donors (Lipinski definition) is 2. The van der Waals surface area contributed by atoms with Gasteiger partial charge in [0, 0.05) is 25.5 Å². The van der Waals surface area contributed by atoms with E-state index in [-0.39, 0.29) is 17.6 Å². The Morgan fingerprint density at radius 3 is 2.74 bits per heavy atom. The first-order valence-corrected chi connectivity index (χ1v) is 9.32. The zero-order valence-corrected chi connectivity index (χ0v) is 16.8. The minimum absolute atomic E-state index is 0.112. The largest absolute Gasteiger partial charge is 0.494 e. The van der Waals surface area contributed by atoms with E-state index in [1.807, 2.05) is 26.1 Å². The van der Waals surface area contributed by atoms with Gasteiger partial charge in [0.2, 0.25) is 0 Å². The number of halogens is 1. The highest BCUT2D eigenvalue weighted by molar-refractivity contribution is 5.80. The van der Waals surface area contributed by atoms with Crippen molar-refractivity contribution in [1.82, 2.24) is 20.2 Å². The maximum atomic E-state index is 14.0. The average Bonchev–Trinajstić information content (AvgIpc) is 3.06. The number of hydrogen-bond acceptors (Lipinski definition) is 3. The summed E-state index contributed by atoms with van der Waals surface area (Å²) in [6.45, 7) is 10.4. The van der Waals surface area contributed by atoms with Gasteiger partial charge in [-0.2, -0.15) is 0 Å². The predicted octanol–water partition coefficient (Wildman–Crippen LogP) is 3.50. The van der Waals surface area contributed by atoms with Crippen molar-refractivity contribution >= 4 is 5.96 Å². The third-order valence-corrected chi connectivity index (χ3v) is 4.12. The molecule has 1 heterocycles. The minimum Gasteiger partial charge on any atom is -0.494 e. The minimum atomic E-state index is -0.374. The van der Waals surface area contributed by atoms with Crippen LogP contribution in [0.2, 0.25) is 0 Å². The summed E-state index contributed by atoms with van der Waals surface area (Å²) in [7, 11) is 1.46. The van der Waals surface area contributed by atoms with Gasteiger partial charge in [-0.05, 0) is 37.5 Å². The van der Waals surface area contributed by atoms with Crippen LogP contribution in [-0.2, 0) is 13.1 Å². The molecule has 0 saturated heterocycles. The van der Waals surface area contributed by atoms with Crippen molar-refractivity contribution in [3.63, 3.8) is 0 Å². The Morgan fingerprint density at radius 1 is 1.33 bits per heavy atom. The second-order valence-electron chi connectivity index (χ2n) is 6.84. The molecule has 7 heteroatoms. The SMILES string of the molecule is CCNC(=NCc1nccn1CC(C)C)NC(C)c1ccc(OC)c(F)c1. The molecule has 2 rings (SSSR count). The highest BCUT2D eigenvalue weighted by Crippen LogP contribution is 2.21. The van der Waals surface area contributed by atoms with Crippen molar-refractivity contribution in [2.75, 3.05) is 13.7 Å². The van der Waals surface area contributed by atoms with Crippen LogP contribution in [0.3, 0.4) is 0 Å². The molecule has 27 heavy (non-hydrogen) atoms. The number of rotatable bonds is 8. The summed E-state index contributed by atoms with van der Waals surface area (Å²) in [4.78, 5) is 9.04. The molecule has 0 aliphatic heterocycles. The molecule has 1 atom stereocenters. The molecule has 6 nitrogen and oxygen atoms in total. The number of imidazole rings is 1. The second-order valence-corrected chi connectivity index (χ2v) is 6.84. The summed E-state index contributed by atoms with van der Waals surface area (Å²) in [6, 6.07) is 4.85. The predicted molar refractivity (Wildman–Crippen MR) is 106 cm³/mol. The molecule has 0 saturated carbocycles. The van der Waals surface area contributed by atoms with E-state index in [1.54, 1.807) is 12.3 Å². The molecule has 1 aromatic carbocycles. The Morgan fingerprint density at radius 2 is 2.11 bits per heavy atom. The molecule has 0 fully saturated rings. The van der Waals surface area contributed by atoms with Crippen LogP contribution in [0.4, 0.5) is 4.39 Å². The van der Waals surface area contributed by atoms with Crippen LogP contribution in [0.1, 0.15) is 45.1 Å². The fraction of sp³-hybridized carbons (Fsp3) is 0.500. The van der Waals surface area contributed by atoms with Crippen molar-refractivity contribution in [3.05, 3.63) is 47.8 Å². The lowest BCUT2D eigenvalue weighted by Crippen LogP contribution is -2.38. The van der Waals surface area contributed by atoms with Gasteiger partial charge in [0.25, 0.3) is 0 Å². The van der Waals surface area contributed by atoms with Crippen molar-refractivity contribution in [2.24, 2.45) is 10.9 Å². The normalized spacial score (nSPS) is 12.9. The van der Waals surface area contributed by atoms with Crippen LogP contribution >= 0.6 is 0 Å². The van der Waals surface area contributed by atoms with Crippen molar-refractivity contribution in [1.29, 1.82) is 0 Å². The lowest BCUT2D eigenvalue weighted by molar-refractivity contribution is 0.386. The first kappa shape index (κ1) is 20.7. The number of nitrogens with one attached hydrogen (secondary N) is 2. The summed E-state index contributed by atoms with van der Waals surface area (Å²) in [5, 5.41) is 6.54.